The van der Waals surface area contributed by atoms with E-state index in [0.29, 0.717) is 18.7 Å². The molecule has 1 N–H and O–H groups in total. The normalized spacial score (nSPS) is 35.8. The van der Waals surface area contributed by atoms with Gasteiger partial charge in [0.15, 0.2) is 0 Å². The average molecular weight is 255 g/mol. The Morgan fingerprint density at radius 2 is 1.94 bits per heavy atom. The largest absolute Gasteiger partial charge is 0.396 e. The molecule has 2 atom stereocenters. The highest BCUT2D eigenvalue weighted by Crippen LogP contribution is 2.42. The molecule has 106 valence electrons. The summed E-state index contributed by atoms with van der Waals surface area (Å²) in [6, 6.07) is 1.04. The molecule has 0 aromatic rings. The molecular formula is C15H29NO2. The van der Waals surface area contributed by atoms with Crippen LogP contribution >= 0.6 is 0 Å². The Kier molecular flexibility index (Phi) is 4.05. The maximum Gasteiger partial charge on any atom is 0.0789 e. The van der Waals surface area contributed by atoms with E-state index in [9.17, 15) is 5.11 Å². The van der Waals surface area contributed by atoms with E-state index in [4.69, 9.17) is 4.74 Å². The second-order valence-electron chi connectivity index (χ2n) is 7.08. The van der Waals surface area contributed by atoms with Gasteiger partial charge in [-0.25, -0.2) is 0 Å². The fraction of sp³-hybridized carbons (Fsp3) is 1.00. The van der Waals surface area contributed by atoms with E-state index in [1.807, 2.05) is 0 Å². The van der Waals surface area contributed by atoms with Gasteiger partial charge in [-0.2, -0.15) is 0 Å². The van der Waals surface area contributed by atoms with E-state index < -0.39 is 0 Å². The Labute approximate surface area is 112 Å². The molecule has 0 aromatic heterocycles. The first-order chi connectivity index (χ1) is 8.36. The summed E-state index contributed by atoms with van der Waals surface area (Å²) in [6.45, 7) is 10.3. The van der Waals surface area contributed by atoms with Crippen molar-refractivity contribution in [3.05, 3.63) is 0 Å². The van der Waals surface area contributed by atoms with Gasteiger partial charge in [-0.3, -0.25) is 4.90 Å². The molecular weight excluding hydrogens is 226 g/mol. The number of nitrogens with zero attached hydrogens (tertiary/aromatic N) is 1. The van der Waals surface area contributed by atoms with Crippen molar-refractivity contribution >= 4 is 0 Å². The molecule has 18 heavy (non-hydrogen) atoms. The summed E-state index contributed by atoms with van der Waals surface area (Å²) in [6.07, 6.45) is 5.83. The lowest BCUT2D eigenvalue weighted by atomic mass is 9.88. The first-order valence-electron chi connectivity index (χ1n) is 7.42. The topological polar surface area (TPSA) is 32.7 Å². The molecule has 0 aromatic carbocycles. The van der Waals surface area contributed by atoms with Crippen molar-refractivity contribution in [2.45, 2.75) is 83.1 Å². The van der Waals surface area contributed by atoms with Crippen LogP contribution in [-0.4, -0.2) is 46.4 Å². The van der Waals surface area contributed by atoms with E-state index in [1.165, 1.54) is 19.3 Å². The number of piperidine rings is 1. The Hall–Kier alpha value is -0.120. The summed E-state index contributed by atoms with van der Waals surface area (Å²) < 4.78 is 6.22. The molecule has 3 nitrogen and oxygen atoms in total. The van der Waals surface area contributed by atoms with Gasteiger partial charge in [0.1, 0.15) is 0 Å². The predicted octanol–water partition coefficient (Wildman–Crippen LogP) is 2.57. The molecule has 2 saturated heterocycles. The predicted molar refractivity (Wildman–Crippen MR) is 73.7 cm³/mol. The van der Waals surface area contributed by atoms with Crippen LogP contribution in [0.3, 0.4) is 0 Å². The molecule has 2 heterocycles. The van der Waals surface area contributed by atoms with E-state index in [2.05, 4.69) is 32.6 Å². The SMILES string of the molecule is CC1(C)CC(N2CCCCC2CCO)C(C)(C)O1. The van der Waals surface area contributed by atoms with Crippen molar-refractivity contribution in [2.75, 3.05) is 13.2 Å². The minimum absolute atomic E-state index is 0.0185. The minimum Gasteiger partial charge on any atom is -0.396 e. The second-order valence-corrected chi connectivity index (χ2v) is 7.08. The van der Waals surface area contributed by atoms with Crippen LogP contribution in [0.15, 0.2) is 0 Å². The summed E-state index contributed by atoms with van der Waals surface area (Å²) in [7, 11) is 0. The number of rotatable bonds is 3. The zero-order valence-electron chi connectivity index (χ0n) is 12.4. The molecule has 0 amide bonds. The molecule has 2 rings (SSSR count). The van der Waals surface area contributed by atoms with E-state index in [0.717, 1.165) is 19.4 Å². The molecule has 2 aliphatic rings. The fourth-order valence-corrected chi connectivity index (χ4v) is 3.94. The molecule has 3 heteroatoms. The lowest BCUT2D eigenvalue weighted by Gasteiger charge is -2.43. The number of aliphatic hydroxyl groups excluding tert-OH is 1. The van der Waals surface area contributed by atoms with Crippen molar-refractivity contribution in [3.8, 4) is 0 Å². The maximum atomic E-state index is 9.25. The Bertz CT molecular complexity index is 286. The van der Waals surface area contributed by atoms with Crippen molar-refractivity contribution in [1.29, 1.82) is 0 Å². The first-order valence-corrected chi connectivity index (χ1v) is 7.42. The number of ether oxygens (including phenoxy) is 1. The van der Waals surface area contributed by atoms with Gasteiger partial charge < -0.3 is 9.84 Å². The van der Waals surface area contributed by atoms with Gasteiger partial charge in [0.2, 0.25) is 0 Å². The minimum atomic E-state index is -0.0749. The molecule has 0 aliphatic carbocycles. The summed E-state index contributed by atoms with van der Waals surface area (Å²) >= 11 is 0. The van der Waals surface area contributed by atoms with E-state index in [1.54, 1.807) is 0 Å². The lowest BCUT2D eigenvalue weighted by molar-refractivity contribution is -0.0875. The van der Waals surface area contributed by atoms with Crippen LogP contribution in [-0.2, 0) is 4.74 Å². The fourth-order valence-electron chi connectivity index (χ4n) is 3.94. The van der Waals surface area contributed by atoms with Crippen molar-refractivity contribution in [1.82, 2.24) is 4.90 Å². The third kappa shape index (κ3) is 2.89. The quantitative estimate of drug-likeness (QED) is 0.841. The highest BCUT2D eigenvalue weighted by Gasteiger charge is 2.49. The molecule has 2 aliphatic heterocycles. The lowest BCUT2D eigenvalue weighted by Crippen LogP contribution is -2.53. The van der Waals surface area contributed by atoms with Gasteiger partial charge in [0.05, 0.1) is 11.2 Å². The third-order valence-corrected chi connectivity index (χ3v) is 4.56. The average Bonchev–Trinajstić information content (AvgIpc) is 2.48. The molecule has 0 radical (unpaired) electrons. The number of likely N-dealkylation sites (tertiary alicyclic amines) is 1. The molecule has 2 fully saturated rings. The van der Waals surface area contributed by atoms with E-state index in [-0.39, 0.29) is 11.2 Å². The zero-order chi connectivity index (χ0) is 13.4. The number of hydrogen-bond acceptors (Lipinski definition) is 3. The van der Waals surface area contributed by atoms with E-state index >= 15 is 0 Å². The van der Waals surface area contributed by atoms with Crippen LogP contribution in [0.1, 0.15) is 59.8 Å². The second kappa shape index (κ2) is 5.10. The number of aliphatic hydroxyl groups is 1. The Morgan fingerprint density at radius 1 is 1.22 bits per heavy atom. The van der Waals surface area contributed by atoms with Gasteiger partial charge in [0.25, 0.3) is 0 Å². The van der Waals surface area contributed by atoms with Crippen LogP contribution in [0.2, 0.25) is 0 Å². The molecule has 0 spiro atoms. The van der Waals surface area contributed by atoms with Crippen molar-refractivity contribution in [3.63, 3.8) is 0 Å². The van der Waals surface area contributed by atoms with Crippen LogP contribution in [0.25, 0.3) is 0 Å². The van der Waals surface area contributed by atoms with Gasteiger partial charge in [-0.05, 0) is 59.9 Å². The van der Waals surface area contributed by atoms with Gasteiger partial charge >= 0.3 is 0 Å². The summed E-state index contributed by atoms with van der Waals surface area (Å²) in [4.78, 5) is 2.62. The first kappa shape index (κ1) is 14.3. The summed E-state index contributed by atoms with van der Waals surface area (Å²) in [5.74, 6) is 0. The summed E-state index contributed by atoms with van der Waals surface area (Å²) in [5, 5.41) is 9.25. The highest BCUT2D eigenvalue weighted by molar-refractivity contribution is 5.02. The van der Waals surface area contributed by atoms with Crippen molar-refractivity contribution in [2.24, 2.45) is 0 Å². The smallest absolute Gasteiger partial charge is 0.0789 e. The van der Waals surface area contributed by atoms with Crippen LogP contribution in [0.5, 0.6) is 0 Å². The van der Waals surface area contributed by atoms with Crippen LogP contribution in [0, 0.1) is 0 Å². The standard InChI is InChI=1S/C15H29NO2/c1-14(2)11-13(15(3,4)18-14)16-9-6-5-7-12(16)8-10-17/h12-13,17H,5-11H2,1-4H3. The van der Waals surface area contributed by atoms with Gasteiger partial charge in [0, 0.05) is 18.7 Å². The highest BCUT2D eigenvalue weighted by atomic mass is 16.5. The zero-order valence-corrected chi connectivity index (χ0v) is 12.4. The third-order valence-electron chi connectivity index (χ3n) is 4.56. The molecule has 0 saturated carbocycles. The summed E-state index contributed by atoms with van der Waals surface area (Å²) in [5.41, 5.74) is -0.0933. The molecule has 0 bridgehead atoms. The Balaban J connectivity index is 2.13. The molecule has 2 unspecified atom stereocenters. The Morgan fingerprint density at radius 3 is 2.50 bits per heavy atom. The number of hydrogen-bond donors (Lipinski definition) is 1. The van der Waals surface area contributed by atoms with Crippen LogP contribution in [0.4, 0.5) is 0 Å². The van der Waals surface area contributed by atoms with Gasteiger partial charge in [-0.1, -0.05) is 6.42 Å². The monoisotopic (exact) mass is 255 g/mol. The maximum absolute atomic E-state index is 9.25. The van der Waals surface area contributed by atoms with Gasteiger partial charge in [-0.15, -0.1) is 0 Å². The van der Waals surface area contributed by atoms with Crippen LogP contribution < -0.4 is 0 Å². The van der Waals surface area contributed by atoms with Crippen molar-refractivity contribution < 1.29 is 9.84 Å².